The molecule has 1 aromatic carbocycles. The SMILES string of the molecule is CCN(CC(=O)O)C(=O)C(C)Oc1ccc(C#N)cc1. The van der Waals surface area contributed by atoms with Gasteiger partial charge in [0.1, 0.15) is 12.3 Å². The highest BCUT2D eigenvalue weighted by molar-refractivity contribution is 5.84. The van der Waals surface area contributed by atoms with Gasteiger partial charge in [0, 0.05) is 6.54 Å². The zero-order valence-corrected chi connectivity index (χ0v) is 11.4. The van der Waals surface area contributed by atoms with E-state index in [0.29, 0.717) is 17.9 Å². The standard InChI is InChI=1S/C14H16N2O4/c1-3-16(9-13(17)18)14(19)10(2)20-12-6-4-11(8-15)5-7-12/h4-7,10H,3,9H2,1-2H3,(H,17,18). The maximum atomic E-state index is 12.0. The summed E-state index contributed by atoms with van der Waals surface area (Å²) in [6.45, 7) is 3.21. The topological polar surface area (TPSA) is 90.6 Å². The molecule has 20 heavy (non-hydrogen) atoms. The molecule has 1 rings (SSSR count). The molecule has 1 N–H and O–H groups in total. The lowest BCUT2D eigenvalue weighted by molar-refractivity contribution is -0.147. The van der Waals surface area contributed by atoms with Crippen LogP contribution in [0.25, 0.3) is 0 Å². The van der Waals surface area contributed by atoms with Gasteiger partial charge in [0.25, 0.3) is 5.91 Å². The third kappa shape index (κ3) is 4.28. The molecule has 0 spiro atoms. The van der Waals surface area contributed by atoms with Crippen LogP contribution in [0.4, 0.5) is 0 Å². The highest BCUT2D eigenvalue weighted by Gasteiger charge is 2.22. The van der Waals surface area contributed by atoms with E-state index < -0.39 is 12.1 Å². The van der Waals surface area contributed by atoms with Crippen molar-refractivity contribution in [2.24, 2.45) is 0 Å². The van der Waals surface area contributed by atoms with Crippen LogP contribution in [-0.2, 0) is 9.59 Å². The molecule has 0 fully saturated rings. The minimum Gasteiger partial charge on any atom is -0.481 e. The Labute approximate surface area is 117 Å². The maximum Gasteiger partial charge on any atom is 0.323 e. The Morgan fingerprint density at radius 2 is 2.00 bits per heavy atom. The molecule has 6 nitrogen and oxygen atoms in total. The highest BCUT2D eigenvalue weighted by atomic mass is 16.5. The van der Waals surface area contributed by atoms with Gasteiger partial charge in [-0.2, -0.15) is 5.26 Å². The molecule has 0 saturated carbocycles. The summed E-state index contributed by atoms with van der Waals surface area (Å²) in [4.78, 5) is 23.9. The van der Waals surface area contributed by atoms with E-state index in [9.17, 15) is 9.59 Å². The number of hydrogen-bond donors (Lipinski definition) is 1. The number of nitriles is 1. The van der Waals surface area contributed by atoms with Gasteiger partial charge in [-0.15, -0.1) is 0 Å². The van der Waals surface area contributed by atoms with Crippen molar-refractivity contribution in [3.05, 3.63) is 29.8 Å². The predicted octanol–water partition coefficient (Wildman–Crippen LogP) is 1.26. The predicted molar refractivity (Wildman–Crippen MR) is 71.1 cm³/mol. The Morgan fingerprint density at radius 3 is 2.45 bits per heavy atom. The van der Waals surface area contributed by atoms with E-state index in [-0.39, 0.29) is 12.5 Å². The summed E-state index contributed by atoms with van der Waals surface area (Å²) < 4.78 is 5.45. The van der Waals surface area contributed by atoms with E-state index in [1.807, 2.05) is 6.07 Å². The van der Waals surface area contributed by atoms with Gasteiger partial charge < -0.3 is 14.7 Å². The Kier molecular flexibility index (Phi) is 5.54. The Morgan fingerprint density at radius 1 is 1.40 bits per heavy atom. The van der Waals surface area contributed by atoms with Crippen LogP contribution in [0.15, 0.2) is 24.3 Å². The van der Waals surface area contributed by atoms with Crippen LogP contribution in [0.3, 0.4) is 0 Å². The first kappa shape index (κ1) is 15.5. The van der Waals surface area contributed by atoms with E-state index in [4.69, 9.17) is 15.1 Å². The van der Waals surface area contributed by atoms with Gasteiger partial charge in [0.05, 0.1) is 11.6 Å². The molecule has 6 heteroatoms. The molecule has 0 aliphatic carbocycles. The first-order valence-electron chi connectivity index (χ1n) is 6.15. The number of rotatable bonds is 6. The first-order valence-corrected chi connectivity index (χ1v) is 6.15. The number of nitrogens with zero attached hydrogens (tertiary/aromatic N) is 2. The van der Waals surface area contributed by atoms with Gasteiger partial charge in [-0.3, -0.25) is 9.59 Å². The summed E-state index contributed by atoms with van der Waals surface area (Å²) in [5.41, 5.74) is 0.498. The Hall–Kier alpha value is -2.55. The second kappa shape index (κ2) is 7.14. The summed E-state index contributed by atoms with van der Waals surface area (Å²) in [6.07, 6.45) is -0.790. The molecule has 0 bridgehead atoms. The van der Waals surface area contributed by atoms with Crippen LogP contribution < -0.4 is 4.74 Å². The lowest BCUT2D eigenvalue weighted by Crippen LogP contribution is -2.43. The number of aliphatic carboxylic acids is 1. The summed E-state index contributed by atoms with van der Waals surface area (Å²) in [6, 6.07) is 8.34. The second-order valence-corrected chi connectivity index (χ2v) is 4.14. The fourth-order valence-corrected chi connectivity index (χ4v) is 1.63. The number of benzene rings is 1. The van der Waals surface area contributed by atoms with Crippen molar-refractivity contribution >= 4 is 11.9 Å². The lowest BCUT2D eigenvalue weighted by atomic mass is 10.2. The van der Waals surface area contributed by atoms with Crippen molar-refractivity contribution < 1.29 is 19.4 Å². The average Bonchev–Trinajstić information content (AvgIpc) is 2.44. The van der Waals surface area contributed by atoms with E-state index in [0.717, 1.165) is 0 Å². The van der Waals surface area contributed by atoms with Gasteiger partial charge in [0.15, 0.2) is 6.10 Å². The van der Waals surface area contributed by atoms with Crippen molar-refractivity contribution in [3.8, 4) is 11.8 Å². The number of carbonyl (C=O) groups is 2. The molecular weight excluding hydrogens is 260 g/mol. The third-order valence-electron chi connectivity index (χ3n) is 2.66. The molecule has 1 amide bonds. The van der Waals surface area contributed by atoms with E-state index in [1.165, 1.54) is 4.90 Å². The van der Waals surface area contributed by atoms with E-state index in [2.05, 4.69) is 0 Å². The van der Waals surface area contributed by atoms with Crippen molar-refractivity contribution in [2.45, 2.75) is 20.0 Å². The number of carboxylic acids is 1. The van der Waals surface area contributed by atoms with Crippen LogP contribution in [0.1, 0.15) is 19.4 Å². The normalized spacial score (nSPS) is 11.2. The molecular formula is C14H16N2O4. The number of hydrogen-bond acceptors (Lipinski definition) is 4. The zero-order valence-electron chi connectivity index (χ0n) is 11.4. The number of carboxylic acid groups (broad SMARTS) is 1. The molecule has 106 valence electrons. The van der Waals surface area contributed by atoms with Gasteiger partial charge in [-0.1, -0.05) is 0 Å². The summed E-state index contributed by atoms with van der Waals surface area (Å²) in [7, 11) is 0. The lowest BCUT2D eigenvalue weighted by Gasteiger charge is -2.23. The average molecular weight is 276 g/mol. The van der Waals surface area contributed by atoms with Crippen molar-refractivity contribution in [1.82, 2.24) is 4.90 Å². The van der Waals surface area contributed by atoms with Gasteiger partial charge in [-0.25, -0.2) is 0 Å². The molecule has 1 unspecified atom stereocenters. The van der Waals surface area contributed by atoms with Gasteiger partial charge in [0.2, 0.25) is 0 Å². The minimum atomic E-state index is -1.06. The van der Waals surface area contributed by atoms with Crippen LogP contribution in [0.2, 0.25) is 0 Å². The summed E-state index contributed by atoms with van der Waals surface area (Å²) >= 11 is 0. The first-order chi connectivity index (χ1) is 9.47. The fraction of sp³-hybridized carbons (Fsp3) is 0.357. The van der Waals surface area contributed by atoms with Crippen LogP contribution >= 0.6 is 0 Å². The van der Waals surface area contributed by atoms with Crippen molar-refractivity contribution in [3.63, 3.8) is 0 Å². The molecule has 0 aliphatic rings. The minimum absolute atomic E-state index is 0.298. The second-order valence-electron chi connectivity index (χ2n) is 4.14. The monoisotopic (exact) mass is 276 g/mol. The maximum absolute atomic E-state index is 12.0. The molecule has 0 saturated heterocycles. The van der Waals surface area contributed by atoms with Gasteiger partial charge >= 0.3 is 5.97 Å². The molecule has 0 aliphatic heterocycles. The van der Waals surface area contributed by atoms with Crippen molar-refractivity contribution in [1.29, 1.82) is 5.26 Å². The van der Waals surface area contributed by atoms with Crippen molar-refractivity contribution in [2.75, 3.05) is 13.1 Å². The Balaban J connectivity index is 2.68. The van der Waals surface area contributed by atoms with Gasteiger partial charge in [-0.05, 0) is 38.1 Å². The van der Waals surface area contributed by atoms with Crippen LogP contribution in [-0.4, -0.2) is 41.1 Å². The number of amides is 1. The molecule has 1 atom stereocenters. The summed E-state index contributed by atoms with van der Waals surface area (Å²) in [5.74, 6) is -0.999. The molecule has 0 aromatic heterocycles. The summed E-state index contributed by atoms with van der Waals surface area (Å²) in [5, 5.41) is 17.4. The quantitative estimate of drug-likeness (QED) is 0.844. The molecule has 0 heterocycles. The Bertz CT molecular complexity index is 519. The molecule has 1 aromatic rings. The van der Waals surface area contributed by atoms with E-state index in [1.54, 1.807) is 38.1 Å². The number of carbonyl (C=O) groups excluding carboxylic acids is 1. The van der Waals surface area contributed by atoms with Crippen LogP contribution in [0, 0.1) is 11.3 Å². The van der Waals surface area contributed by atoms with Crippen LogP contribution in [0.5, 0.6) is 5.75 Å². The highest BCUT2D eigenvalue weighted by Crippen LogP contribution is 2.14. The third-order valence-corrected chi connectivity index (χ3v) is 2.66. The number of ether oxygens (including phenoxy) is 1. The molecule has 0 radical (unpaired) electrons. The van der Waals surface area contributed by atoms with E-state index >= 15 is 0 Å². The number of likely N-dealkylation sites (N-methyl/N-ethyl adjacent to an activating group) is 1. The smallest absolute Gasteiger partial charge is 0.323 e. The fourth-order valence-electron chi connectivity index (χ4n) is 1.63. The largest absolute Gasteiger partial charge is 0.481 e. The zero-order chi connectivity index (χ0) is 15.1.